The van der Waals surface area contributed by atoms with Gasteiger partial charge in [-0.25, -0.2) is 0 Å². The molecule has 4 N–H and O–H groups in total. The van der Waals surface area contributed by atoms with Gasteiger partial charge in [0.05, 0.1) is 15.6 Å². The van der Waals surface area contributed by atoms with Crippen LogP contribution in [-0.4, -0.2) is 71.9 Å². The van der Waals surface area contributed by atoms with Crippen LogP contribution < -0.4 is 0 Å². The average molecular weight is 850 g/mol. The zero-order valence-electron chi connectivity index (χ0n) is 17.2. The molecule has 1 aliphatic rings. The molecule has 0 aliphatic carbocycles. The Morgan fingerprint density at radius 2 is 1.19 bits per heavy atom. The number of epoxide rings is 1. The van der Waals surface area contributed by atoms with Gasteiger partial charge in [0.25, 0.3) is 0 Å². The number of hydrogen-bond donors (Lipinski definition) is 4. The van der Waals surface area contributed by atoms with E-state index in [4.69, 9.17) is 20.4 Å². The van der Waals surface area contributed by atoms with Crippen molar-refractivity contribution in [3.05, 3.63) is 0 Å². The first kappa shape index (κ1) is 47.5. The minimum atomic E-state index is 0. The standard InChI is InChI=1S/2C4H10O.C3H6O2.C3H8O.CH2I2.2CH3I.CH4/c1-4(2)3-5;1-2-3-4-5;4-1-3-2-5-3;1-2-3-4;2-1-3;2*1-2;/h4-5H,3H2,1-2H3;5H,2-4H2,1H3;3-4H,1-2H2;4H,2-3H2,1H3;1H2;2*1H3;1H4. The summed E-state index contributed by atoms with van der Waals surface area (Å²) >= 11 is 8.85. The highest BCUT2D eigenvalue weighted by molar-refractivity contribution is 14.2. The van der Waals surface area contributed by atoms with E-state index in [0.717, 1.165) is 25.9 Å². The number of rotatable bonds is 5. The Balaban J connectivity index is -0.0000000354. The fourth-order valence-electron chi connectivity index (χ4n) is 0.332. The van der Waals surface area contributed by atoms with Crippen LogP contribution in [0.25, 0.3) is 0 Å². The van der Waals surface area contributed by atoms with Gasteiger partial charge in [0, 0.05) is 19.8 Å². The molecule has 1 saturated heterocycles. The third-order valence-corrected chi connectivity index (χ3v) is 1.71. The number of alkyl halides is 4. The normalized spacial score (nSPS) is 11.9. The maximum Gasteiger partial charge on any atom is 0.104 e. The number of unbranched alkanes of at least 4 members (excludes halogenated alkanes) is 1. The van der Waals surface area contributed by atoms with E-state index in [9.17, 15) is 0 Å². The number of ether oxygens (including phenoxy) is 1. The van der Waals surface area contributed by atoms with E-state index >= 15 is 0 Å². The third kappa shape index (κ3) is 127. The molecule has 0 aromatic rings. The van der Waals surface area contributed by atoms with E-state index in [0.29, 0.717) is 25.7 Å². The van der Waals surface area contributed by atoms with Gasteiger partial charge in [0.2, 0.25) is 0 Å². The van der Waals surface area contributed by atoms with E-state index in [1.807, 2.05) is 30.6 Å². The second kappa shape index (κ2) is 63.0. The van der Waals surface area contributed by atoms with E-state index in [1.54, 1.807) is 0 Å². The van der Waals surface area contributed by atoms with Crippen LogP contribution >= 0.6 is 90.4 Å². The molecule has 1 rings (SSSR count). The van der Waals surface area contributed by atoms with Gasteiger partial charge in [0.15, 0.2) is 0 Å². The van der Waals surface area contributed by atoms with Crippen LogP contribution in [0.3, 0.4) is 0 Å². The fraction of sp³-hybridized carbons (Fsp3) is 1.00. The molecule has 0 aromatic carbocycles. The molecule has 0 amide bonds. The Kier molecular flexibility index (Phi) is 111. The van der Waals surface area contributed by atoms with Crippen LogP contribution in [0, 0.1) is 5.92 Å². The van der Waals surface area contributed by atoms with Gasteiger partial charge < -0.3 is 25.2 Å². The summed E-state index contributed by atoms with van der Waals surface area (Å²) in [5, 5.41) is 32.2. The molecule has 0 saturated carbocycles. The van der Waals surface area contributed by atoms with Gasteiger partial charge in [-0.2, -0.15) is 0 Å². The number of aliphatic hydroxyl groups excluding tert-OH is 4. The van der Waals surface area contributed by atoms with Crippen LogP contribution in [0.1, 0.15) is 54.4 Å². The quantitative estimate of drug-likeness (QED) is 0.161. The molecule has 1 aliphatic heterocycles. The molecule has 0 bridgehead atoms. The van der Waals surface area contributed by atoms with E-state index in [1.165, 1.54) is 2.43 Å². The van der Waals surface area contributed by atoms with Crippen molar-refractivity contribution in [3.63, 3.8) is 0 Å². The summed E-state index contributed by atoms with van der Waals surface area (Å²) in [6.07, 6.45) is 3.10. The molecule has 0 radical (unpaired) electrons. The molecule has 1 unspecified atom stereocenters. The molecule has 1 fully saturated rings. The Morgan fingerprint density at radius 1 is 0.889 bits per heavy atom. The van der Waals surface area contributed by atoms with Gasteiger partial charge in [-0.15, -0.1) is 0 Å². The number of halogens is 4. The maximum atomic E-state index is 8.14. The molecule has 1 heterocycles. The van der Waals surface area contributed by atoms with Gasteiger partial charge in [0.1, 0.15) is 6.10 Å². The predicted octanol–water partition coefficient (Wildman–Crippen LogP) is 5.73. The van der Waals surface area contributed by atoms with Crippen molar-refractivity contribution in [2.24, 2.45) is 5.92 Å². The summed E-state index contributed by atoms with van der Waals surface area (Å²) in [6.45, 7) is 9.85. The SMILES string of the molecule is C.CC(C)CO.CCCCO.CCCO.CI.CI.ICI.OCC1CO1. The van der Waals surface area contributed by atoms with Crippen molar-refractivity contribution in [3.8, 4) is 0 Å². The van der Waals surface area contributed by atoms with Crippen molar-refractivity contribution in [2.45, 2.75) is 60.5 Å². The van der Waals surface area contributed by atoms with Crippen molar-refractivity contribution in [1.29, 1.82) is 0 Å². The first-order valence-electron chi connectivity index (χ1n) is 8.37. The topological polar surface area (TPSA) is 93.5 Å². The van der Waals surface area contributed by atoms with E-state index < -0.39 is 0 Å². The van der Waals surface area contributed by atoms with Gasteiger partial charge in [-0.3, -0.25) is 0 Å². The molecular weight excluding hydrogens is 804 g/mol. The van der Waals surface area contributed by atoms with Crippen molar-refractivity contribution < 1.29 is 25.2 Å². The zero-order chi connectivity index (χ0) is 22.2. The van der Waals surface area contributed by atoms with Crippen LogP contribution in [-0.2, 0) is 4.74 Å². The summed E-state index contributed by atoms with van der Waals surface area (Å²) in [4.78, 5) is 3.94. The summed E-state index contributed by atoms with van der Waals surface area (Å²) in [7, 11) is 0. The highest BCUT2D eigenvalue weighted by Gasteiger charge is 2.19. The zero-order valence-corrected chi connectivity index (χ0v) is 25.9. The highest BCUT2D eigenvalue weighted by atomic mass is 127. The molecule has 27 heavy (non-hydrogen) atoms. The van der Waals surface area contributed by atoms with E-state index in [2.05, 4.69) is 102 Å². The third-order valence-electron chi connectivity index (χ3n) is 1.71. The average Bonchev–Trinajstić information content (AvgIpc) is 3.52. The summed E-state index contributed by atoms with van der Waals surface area (Å²) in [5.74, 6) is 0.440. The van der Waals surface area contributed by atoms with Gasteiger partial charge >= 0.3 is 0 Å². The smallest absolute Gasteiger partial charge is 0.104 e. The summed E-state index contributed by atoms with van der Waals surface area (Å²) in [6, 6.07) is 0. The second-order valence-electron chi connectivity index (χ2n) is 4.62. The van der Waals surface area contributed by atoms with Gasteiger partial charge in [-0.05, 0) is 28.6 Å². The number of aliphatic hydroxyl groups is 4. The molecule has 0 spiro atoms. The van der Waals surface area contributed by atoms with E-state index in [-0.39, 0.29) is 20.1 Å². The van der Waals surface area contributed by atoms with Crippen molar-refractivity contribution >= 4 is 90.4 Å². The molecule has 9 heteroatoms. The maximum absolute atomic E-state index is 8.14. The van der Waals surface area contributed by atoms with Crippen LogP contribution in [0.15, 0.2) is 0 Å². The number of hydrogen-bond acceptors (Lipinski definition) is 5. The van der Waals surface area contributed by atoms with Crippen LogP contribution in [0.2, 0.25) is 0 Å². The van der Waals surface area contributed by atoms with Crippen LogP contribution in [0.4, 0.5) is 0 Å². The van der Waals surface area contributed by atoms with Gasteiger partial charge in [-0.1, -0.05) is 132 Å². The second-order valence-corrected chi connectivity index (χ2v) is 9.06. The lowest BCUT2D eigenvalue weighted by Gasteiger charge is -1.90. The largest absolute Gasteiger partial charge is 0.396 e. The first-order valence-corrected chi connectivity index (χ1v) is 15.7. The fourth-order valence-corrected chi connectivity index (χ4v) is 0.332. The molecular formula is C18H46I4O5. The molecule has 5 nitrogen and oxygen atoms in total. The summed E-state index contributed by atoms with van der Waals surface area (Å²) in [5.41, 5.74) is 0. The lowest BCUT2D eigenvalue weighted by atomic mass is 10.2. The molecule has 176 valence electrons. The Morgan fingerprint density at radius 3 is 1.19 bits per heavy atom. The Labute approximate surface area is 224 Å². The highest BCUT2D eigenvalue weighted by Crippen LogP contribution is 2.04. The first-order chi connectivity index (χ1) is 12.4. The minimum absolute atomic E-state index is 0. The molecule has 1 atom stereocenters. The Bertz CT molecular complexity index is 150. The lowest BCUT2D eigenvalue weighted by Crippen LogP contribution is -1.90. The minimum Gasteiger partial charge on any atom is -0.396 e. The monoisotopic (exact) mass is 850 g/mol. The Hall–Kier alpha value is 2.72. The predicted molar refractivity (Wildman–Crippen MR) is 158 cm³/mol. The van der Waals surface area contributed by atoms with Crippen molar-refractivity contribution in [1.82, 2.24) is 0 Å². The summed E-state index contributed by atoms with van der Waals surface area (Å²) < 4.78 is 5.80. The lowest BCUT2D eigenvalue weighted by molar-refractivity contribution is 0.244. The van der Waals surface area contributed by atoms with Crippen LogP contribution in [0.5, 0.6) is 0 Å². The van der Waals surface area contributed by atoms with Crippen molar-refractivity contribution in [2.75, 3.05) is 45.3 Å². The molecule has 0 aromatic heterocycles.